The molecule has 3 aromatic rings. The van der Waals surface area contributed by atoms with Crippen LogP contribution >= 0.6 is 23.4 Å². The third-order valence-corrected chi connectivity index (χ3v) is 5.75. The quantitative estimate of drug-likeness (QED) is 0.292. The summed E-state index contributed by atoms with van der Waals surface area (Å²) >= 11 is 8.00. The van der Waals surface area contributed by atoms with Gasteiger partial charge in [-0.2, -0.15) is 5.26 Å². The second kappa shape index (κ2) is 9.71. The number of rotatable bonds is 6. The molecule has 31 heavy (non-hydrogen) atoms. The van der Waals surface area contributed by atoms with Crippen LogP contribution in [0.15, 0.2) is 53.6 Å². The molecular weight excluding hydrogens is 430 g/mol. The van der Waals surface area contributed by atoms with Crippen molar-refractivity contribution in [2.75, 3.05) is 12.0 Å². The van der Waals surface area contributed by atoms with Crippen molar-refractivity contribution in [1.29, 1.82) is 5.26 Å². The molecule has 9 heteroatoms. The summed E-state index contributed by atoms with van der Waals surface area (Å²) in [6, 6.07) is 15.5. The Labute approximate surface area is 190 Å². The summed E-state index contributed by atoms with van der Waals surface area (Å²) in [5.74, 6) is 6.58. The summed E-state index contributed by atoms with van der Waals surface area (Å²) in [6.45, 7) is 2.27. The molecule has 0 saturated heterocycles. The summed E-state index contributed by atoms with van der Waals surface area (Å²) in [6.07, 6.45) is 3.58. The molecule has 0 aliphatic heterocycles. The van der Waals surface area contributed by atoms with Gasteiger partial charge >= 0.3 is 0 Å². The Hall–Kier alpha value is -3.25. The van der Waals surface area contributed by atoms with E-state index in [4.69, 9.17) is 28.9 Å². The first-order valence-electron chi connectivity index (χ1n) is 9.29. The van der Waals surface area contributed by atoms with Gasteiger partial charge < -0.3 is 16.5 Å². The van der Waals surface area contributed by atoms with Crippen molar-refractivity contribution >= 4 is 34.9 Å². The van der Waals surface area contributed by atoms with Gasteiger partial charge in [0, 0.05) is 16.7 Å². The first-order chi connectivity index (χ1) is 14.8. The molecule has 7 nitrogen and oxygen atoms in total. The van der Waals surface area contributed by atoms with Crippen LogP contribution in [0.3, 0.4) is 0 Å². The van der Waals surface area contributed by atoms with E-state index in [0.717, 1.165) is 16.0 Å². The van der Waals surface area contributed by atoms with Gasteiger partial charge in [0.25, 0.3) is 0 Å². The standard InChI is InChI=1S/C22H22ClN7S/c1-13-15(10-24)6-4-8-17(13)22-28-20(19(23)21(26)29-22)18(25)12-30(27)11-14-5-3-7-16(9-14)31-2/h3-9,12H,11,25,27H2,1-2H3,(H2,26,28,29)/b18-12-. The number of nitrogen functional groups attached to an aromatic ring is 1. The van der Waals surface area contributed by atoms with Gasteiger partial charge in [0.2, 0.25) is 0 Å². The lowest BCUT2D eigenvalue weighted by molar-refractivity contribution is 0.387. The third kappa shape index (κ3) is 5.09. The van der Waals surface area contributed by atoms with Gasteiger partial charge in [-0.25, -0.2) is 15.8 Å². The fraction of sp³-hybridized carbons (Fsp3) is 0.136. The number of anilines is 1. The minimum Gasteiger partial charge on any atom is -0.396 e. The monoisotopic (exact) mass is 451 g/mol. The maximum absolute atomic E-state index is 9.30. The van der Waals surface area contributed by atoms with Crippen molar-refractivity contribution in [3.8, 4) is 17.5 Å². The number of hydrogen-bond acceptors (Lipinski definition) is 8. The lowest BCUT2D eigenvalue weighted by Crippen LogP contribution is -2.26. The number of aromatic nitrogens is 2. The van der Waals surface area contributed by atoms with E-state index in [0.29, 0.717) is 23.5 Å². The van der Waals surface area contributed by atoms with Gasteiger partial charge in [-0.15, -0.1) is 11.8 Å². The minimum atomic E-state index is 0.0935. The van der Waals surface area contributed by atoms with E-state index >= 15 is 0 Å². The smallest absolute Gasteiger partial charge is 0.162 e. The van der Waals surface area contributed by atoms with Crippen LogP contribution < -0.4 is 17.3 Å². The Balaban J connectivity index is 1.95. The summed E-state index contributed by atoms with van der Waals surface area (Å²) in [4.78, 5) is 9.95. The van der Waals surface area contributed by atoms with Crippen molar-refractivity contribution in [2.45, 2.75) is 18.4 Å². The largest absolute Gasteiger partial charge is 0.396 e. The molecule has 1 aromatic heterocycles. The molecule has 2 aromatic carbocycles. The fourth-order valence-electron chi connectivity index (χ4n) is 3.04. The Morgan fingerprint density at radius 2 is 2.00 bits per heavy atom. The zero-order valence-electron chi connectivity index (χ0n) is 17.1. The number of thioether (sulfide) groups is 1. The van der Waals surface area contributed by atoms with Crippen LogP contribution in [0, 0.1) is 18.3 Å². The summed E-state index contributed by atoms with van der Waals surface area (Å²) in [5.41, 5.74) is 15.8. The van der Waals surface area contributed by atoms with Gasteiger partial charge in [-0.05, 0) is 42.5 Å². The third-order valence-electron chi connectivity index (χ3n) is 4.65. The number of halogens is 1. The molecule has 3 rings (SSSR count). The lowest BCUT2D eigenvalue weighted by Gasteiger charge is -2.16. The van der Waals surface area contributed by atoms with Gasteiger partial charge in [0.15, 0.2) is 5.82 Å². The van der Waals surface area contributed by atoms with Crippen LogP contribution in [0.5, 0.6) is 0 Å². The van der Waals surface area contributed by atoms with E-state index in [1.54, 1.807) is 30.1 Å². The molecule has 0 saturated carbocycles. The summed E-state index contributed by atoms with van der Waals surface area (Å²) < 4.78 is 0. The topological polar surface area (TPSA) is 131 Å². The first-order valence-corrected chi connectivity index (χ1v) is 10.9. The highest BCUT2D eigenvalue weighted by Gasteiger charge is 2.17. The average molecular weight is 452 g/mol. The number of nitriles is 1. The molecule has 158 valence electrons. The number of hydrogen-bond donors (Lipinski definition) is 3. The predicted molar refractivity (Wildman–Crippen MR) is 126 cm³/mol. The van der Waals surface area contributed by atoms with Crippen LogP contribution in [0.25, 0.3) is 17.1 Å². The zero-order chi connectivity index (χ0) is 22.5. The van der Waals surface area contributed by atoms with Gasteiger partial charge in [-0.3, -0.25) is 0 Å². The average Bonchev–Trinajstić information content (AvgIpc) is 2.75. The maximum atomic E-state index is 9.30. The van der Waals surface area contributed by atoms with E-state index in [1.165, 1.54) is 5.01 Å². The maximum Gasteiger partial charge on any atom is 0.162 e. The second-order valence-electron chi connectivity index (χ2n) is 6.79. The SMILES string of the molecule is CSc1cccc(CN(N)/C=C(\N)c2nc(-c3cccc(C#N)c3C)nc(N)c2Cl)c1. The highest BCUT2D eigenvalue weighted by atomic mass is 35.5. The Morgan fingerprint density at radius 1 is 1.26 bits per heavy atom. The van der Waals surface area contributed by atoms with Crippen LogP contribution in [-0.2, 0) is 6.54 Å². The van der Waals surface area contributed by atoms with Gasteiger partial charge in [0.1, 0.15) is 16.5 Å². The zero-order valence-corrected chi connectivity index (χ0v) is 18.7. The molecule has 0 radical (unpaired) electrons. The molecule has 0 aliphatic carbocycles. The molecule has 0 aliphatic rings. The van der Waals surface area contributed by atoms with E-state index in [2.05, 4.69) is 22.1 Å². The summed E-state index contributed by atoms with van der Waals surface area (Å²) in [7, 11) is 0. The summed E-state index contributed by atoms with van der Waals surface area (Å²) in [5, 5.41) is 10.9. The van der Waals surface area contributed by atoms with Crippen molar-refractivity contribution < 1.29 is 0 Å². The van der Waals surface area contributed by atoms with Crippen LogP contribution in [-0.4, -0.2) is 21.2 Å². The van der Waals surface area contributed by atoms with Crippen LogP contribution in [0.2, 0.25) is 5.02 Å². The van der Waals surface area contributed by atoms with Crippen molar-refractivity contribution in [2.24, 2.45) is 11.6 Å². The predicted octanol–water partition coefficient (Wildman–Crippen LogP) is 3.91. The molecule has 0 bridgehead atoms. The molecule has 0 fully saturated rings. The minimum absolute atomic E-state index is 0.0935. The van der Waals surface area contributed by atoms with E-state index in [9.17, 15) is 5.26 Å². The second-order valence-corrected chi connectivity index (χ2v) is 8.05. The van der Waals surface area contributed by atoms with E-state index in [1.807, 2.05) is 37.4 Å². The van der Waals surface area contributed by atoms with Crippen molar-refractivity contribution in [3.63, 3.8) is 0 Å². The number of benzene rings is 2. The highest BCUT2D eigenvalue weighted by Crippen LogP contribution is 2.30. The number of nitrogens with two attached hydrogens (primary N) is 3. The Kier molecular flexibility index (Phi) is 7.02. The molecule has 6 N–H and O–H groups in total. The molecule has 0 atom stereocenters. The Bertz CT molecular complexity index is 1190. The van der Waals surface area contributed by atoms with Crippen LogP contribution in [0.4, 0.5) is 5.82 Å². The van der Waals surface area contributed by atoms with Crippen molar-refractivity contribution in [3.05, 3.63) is 76.1 Å². The first kappa shape index (κ1) is 22.4. The molecule has 0 unspecified atom stereocenters. The Morgan fingerprint density at radius 3 is 2.71 bits per heavy atom. The molecule has 0 amide bonds. The van der Waals surface area contributed by atoms with Gasteiger partial charge in [-0.1, -0.05) is 35.9 Å². The highest BCUT2D eigenvalue weighted by molar-refractivity contribution is 7.98. The van der Waals surface area contributed by atoms with E-state index < -0.39 is 0 Å². The normalized spacial score (nSPS) is 11.3. The molecular formula is C22H22ClN7S. The fourth-order valence-corrected chi connectivity index (χ4v) is 3.72. The number of hydrazine groups is 1. The lowest BCUT2D eigenvalue weighted by atomic mass is 10.0. The number of nitrogens with zero attached hydrogens (tertiary/aromatic N) is 4. The molecule has 0 spiro atoms. The van der Waals surface area contributed by atoms with Gasteiger partial charge in [0.05, 0.1) is 23.9 Å². The van der Waals surface area contributed by atoms with E-state index in [-0.39, 0.29) is 22.2 Å². The molecule has 1 heterocycles. The van der Waals surface area contributed by atoms with Crippen LogP contribution in [0.1, 0.15) is 22.4 Å². The van der Waals surface area contributed by atoms with Crippen molar-refractivity contribution in [1.82, 2.24) is 15.0 Å².